The smallest absolute Gasteiger partial charge is 0.338 e. The molecule has 1 amide bonds. The molecule has 0 saturated carbocycles. The molecule has 0 atom stereocenters. The van der Waals surface area contributed by atoms with Crippen molar-refractivity contribution in [1.29, 1.82) is 0 Å². The summed E-state index contributed by atoms with van der Waals surface area (Å²) in [5.74, 6) is 0.577. The maximum Gasteiger partial charge on any atom is 0.338 e. The Bertz CT molecular complexity index is 743. The highest BCUT2D eigenvalue weighted by Gasteiger charge is 2.11. The van der Waals surface area contributed by atoms with E-state index >= 15 is 0 Å². The van der Waals surface area contributed by atoms with Gasteiger partial charge in [-0.15, -0.1) is 10.2 Å². The Kier molecular flexibility index (Phi) is 7.65. The molecule has 2 aromatic rings. The molecule has 0 saturated heterocycles. The molecular weight excluding hydrogens is 352 g/mol. The summed E-state index contributed by atoms with van der Waals surface area (Å²) in [7, 11) is 0. The Morgan fingerprint density at radius 3 is 2.58 bits per heavy atom. The monoisotopic (exact) mass is 376 g/mol. The predicted molar refractivity (Wildman–Crippen MR) is 101 cm³/mol. The number of amides is 1. The van der Waals surface area contributed by atoms with E-state index in [2.05, 4.69) is 15.5 Å². The number of anilines is 1. The van der Waals surface area contributed by atoms with Gasteiger partial charge in [-0.3, -0.25) is 4.79 Å². The largest absolute Gasteiger partial charge is 0.462 e. The summed E-state index contributed by atoms with van der Waals surface area (Å²) in [6.07, 6.45) is 1.83. The lowest BCUT2D eigenvalue weighted by molar-refractivity contribution is -0.113. The molecule has 0 aliphatic rings. The highest BCUT2D eigenvalue weighted by atomic mass is 32.2. The van der Waals surface area contributed by atoms with Gasteiger partial charge in [0.2, 0.25) is 5.91 Å². The summed E-state index contributed by atoms with van der Waals surface area (Å²) in [6, 6.07) is 6.68. The van der Waals surface area contributed by atoms with Gasteiger partial charge in [-0.05, 0) is 44.5 Å². The summed E-state index contributed by atoms with van der Waals surface area (Å²) in [5.41, 5.74) is 1.11. The number of ether oxygens (including phenoxy) is 1. The molecule has 0 spiro atoms. The summed E-state index contributed by atoms with van der Waals surface area (Å²) in [4.78, 5) is 24.0. The van der Waals surface area contributed by atoms with E-state index in [-0.39, 0.29) is 17.6 Å². The average molecular weight is 376 g/mol. The number of rotatable bonds is 9. The first-order valence-corrected chi connectivity index (χ1v) is 9.63. The number of aromatic nitrogens is 3. The Balaban J connectivity index is 1.84. The number of thioether (sulfide) groups is 1. The molecule has 0 radical (unpaired) electrons. The van der Waals surface area contributed by atoms with Crippen LogP contribution in [-0.4, -0.2) is 39.0 Å². The third kappa shape index (κ3) is 5.59. The maximum absolute atomic E-state index is 12.1. The molecule has 7 nitrogen and oxygen atoms in total. The Morgan fingerprint density at radius 2 is 1.92 bits per heavy atom. The molecule has 0 unspecified atom stereocenters. The fourth-order valence-electron chi connectivity index (χ4n) is 2.24. The first kappa shape index (κ1) is 20.0. The van der Waals surface area contributed by atoms with Crippen molar-refractivity contribution >= 4 is 29.3 Å². The second-order valence-electron chi connectivity index (χ2n) is 5.68. The van der Waals surface area contributed by atoms with Crippen molar-refractivity contribution in [3.63, 3.8) is 0 Å². The molecule has 26 heavy (non-hydrogen) atoms. The minimum Gasteiger partial charge on any atom is -0.462 e. The van der Waals surface area contributed by atoms with Gasteiger partial charge in [-0.1, -0.05) is 25.1 Å². The second-order valence-corrected chi connectivity index (χ2v) is 6.62. The van der Waals surface area contributed by atoms with Gasteiger partial charge >= 0.3 is 5.97 Å². The van der Waals surface area contributed by atoms with Gasteiger partial charge in [0.1, 0.15) is 5.82 Å². The number of unbranched alkanes of at least 4 members (excludes halogenated alkanes) is 1. The molecule has 1 aromatic heterocycles. The van der Waals surface area contributed by atoms with Crippen molar-refractivity contribution in [2.24, 2.45) is 0 Å². The van der Waals surface area contributed by atoms with Crippen LogP contribution in [0, 0.1) is 6.92 Å². The van der Waals surface area contributed by atoms with Crippen LogP contribution >= 0.6 is 11.8 Å². The van der Waals surface area contributed by atoms with Crippen molar-refractivity contribution in [2.75, 3.05) is 17.7 Å². The van der Waals surface area contributed by atoms with Crippen molar-refractivity contribution in [3.8, 4) is 0 Å². The van der Waals surface area contributed by atoms with Crippen LogP contribution in [0.5, 0.6) is 0 Å². The molecule has 0 fully saturated rings. The lowest BCUT2D eigenvalue weighted by Crippen LogP contribution is -2.15. The second kappa shape index (κ2) is 9.96. The SMILES string of the molecule is CCCCOC(=O)c1ccc(NC(=O)CSc2nnc(C)n2CC)cc1. The zero-order valence-corrected chi connectivity index (χ0v) is 16.1. The molecule has 0 bridgehead atoms. The minimum absolute atomic E-state index is 0.142. The minimum atomic E-state index is -0.346. The fraction of sp³-hybridized carbons (Fsp3) is 0.444. The summed E-state index contributed by atoms with van der Waals surface area (Å²) in [6.45, 7) is 7.12. The number of carbonyl (C=O) groups excluding carboxylic acids is 2. The highest BCUT2D eigenvalue weighted by Crippen LogP contribution is 2.17. The molecule has 140 valence electrons. The summed E-state index contributed by atoms with van der Waals surface area (Å²) in [5, 5.41) is 11.6. The summed E-state index contributed by atoms with van der Waals surface area (Å²) < 4.78 is 7.11. The van der Waals surface area contributed by atoms with E-state index < -0.39 is 0 Å². The third-order valence-electron chi connectivity index (χ3n) is 3.69. The van der Waals surface area contributed by atoms with Crippen LogP contribution in [0.2, 0.25) is 0 Å². The Labute approximate surface area is 157 Å². The number of hydrogen-bond acceptors (Lipinski definition) is 6. The maximum atomic E-state index is 12.1. The standard InChI is InChI=1S/C18H24N4O3S/c1-4-6-11-25-17(24)14-7-9-15(10-8-14)19-16(23)12-26-18-21-20-13(3)22(18)5-2/h7-10H,4-6,11-12H2,1-3H3,(H,19,23). The molecular formula is C18H24N4O3S. The lowest BCUT2D eigenvalue weighted by atomic mass is 10.2. The van der Waals surface area contributed by atoms with E-state index in [0.29, 0.717) is 17.9 Å². The topological polar surface area (TPSA) is 86.1 Å². The molecule has 1 N–H and O–H groups in total. The zero-order chi connectivity index (χ0) is 18.9. The van der Waals surface area contributed by atoms with Crippen LogP contribution in [0.15, 0.2) is 29.4 Å². The van der Waals surface area contributed by atoms with E-state index in [1.165, 1.54) is 11.8 Å². The van der Waals surface area contributed by atoms with E-state index in [0.717, 1.165) is 30.4 Å². The van der Waals surface area contributed by atoms with Gasteiger partial charge in [-0.25, -0.2) is 4.79 Å². The summed E-state index contributed by atoms with van der Waals surface area (Å²) >= 11 is 1.34. The third-order valence-corrected chi connectivity index (χ3v) is 4.65. The molecule has 1 aromatic carbocycles. The van der Waals surface area contributed by atoms with E-state index in [9.17, 15) is 9.59 Å². The molecule has 1 heterocycles. The zero-order valence-electron chi connectivity index (χ0n) is 15.3. The van der Waals surface area contributed by atoms with Crippen LogP contribution in [-0.2, 0) is 16.1 Å². The van der Waals surface area contributed by atoms with Gasteiger partial charge in [0.25, 0.3) is 0 Å². The first-order chi connectivity index (χ1) is 12.5. The van der Waals surface area contributed by atoms with Crippen LogP contribution in [0.25, 0.3) is 0 Å². The van der Waals surface area contributed by atoms with Crippen LogP contribution in [0.3, 0.4) is 0 Å². The van der Waals surface area contributed by atoms with Crippen LogP contribution in [0.4, 0.5) is 5.69 Å². The molecule has 0 aliphatic heterocycles. The molecule has 0 aliphatic carbocycles. The number of hydrogen-bond donors (Lipinski definition) is 1. The number of nitrogens with zero attached hydrogens (tertiary/aromatic N) is 3. The van der Waals surface area contributed by atoms with Gasteiger partial charge in [0, 0.05) is 12.2 Å². The van der Waals surface area contributed by atoms with Crippen molar-refractivity contribution in [2.45, 2.75) is 45.3 Å². The normalized spacial score (nSPS) is 10.6. The van der Waals surface area contributed by atoms with Crippen LogP contribution < -0.4 is 5.32 Å². The quantitative estimate of drug-likeness (QED) is 0.411. The Morgan fingerprint density at radius 1 is 1.19 bits per heavy atom. The van der Waals surface area contributed by atoms with Gasteiger partial charge in [-0.2, -0.15) is 0 Å². The van der Waals surface area contributed by atoms with E-state index in [1.54, 1.807) is 24.3 Å². The van der Waals surface area contributed by atoms with E-state index in [4.69, 9.17) is 4.74 Å². The fourth-order valence-corrected chi connectivity index (χ4v) is 3.09. The van der Waals surface area contributed by atoms with Crippen molar-refractivity contribution in [3.05, 3.63) is 35.7 Å². The van der Waals surface area contributed by atoms with Crippen molar-refractivity contribution in [1.82, 2.24) is 14.8 Å². The Hall–Kier alpha value is -2.35. The number of esters is 1. The van der Waals surface area contributed by atoms with E-state index in [1.807, 2.05) is 25.3 Å². The molecule has 2 rings (SSSR count). The van der Waals surface area contributed by atoms with Crippen molar-refractivity contribution < 1.29 is 14.3 Å². The first-order valence-electron chi connectivity index (χ1n) is 8.64. The highest BCUT2D eigenvalue weighted by molar-refractivity contribution is 7.99. The number of nitrogens with one attached hydrogen (secondary N) is 1. The van der Waals surface area contributed by atoms with Crippen LogP contribution in [0.1, 0.15) is 42.9 Å². The number of aryl methyl sites for hydroxylation is 1. The van der Waals surface area contributed by atoms with Gasteiger partial charge in [0.05, 0.1) is 17.9 Å². The van der Waals surface area contributed by atoms with Gasteiger partial charge in [0.15, 0.2) is 5.16 Å². The number of benzene rings is 1. The predicted octanol–water partition coefficient (Wildman–Crippen LogP) is 3.29. The number of carbonyl (C=O) groups is 2. The molecule has 8 heteroatoms. The lowest BCUT2D eigenvalue weighted by Gasteiger charge is -2.07. The van der Waals surface area contributed by atoms with Gasteiger partial charge < -0.3 is 14.6 Å². The average Bonchev–Trinajstić information content (AvgIpc) is 3.00.